The van der Waals surface area contributed by atoms with E-state index >= 15 is 0 Å². The van der Waals surface area contributed by atoms with Gasteiger partial charge in [0.25, 0.3) is 0 Å². The third-order valence-electron chi connectivity index (χ3n) is 11.5. The summed E-state index contributed by atoms with van der Waals surface area (Å²) in [5, 5.41) is 2.51. The lowest BCUT2D eigenvalue weighted by atomic mass is 9.98. The number of fused-ring (bicyclic) bond motifs is 3. The van der Waals surface area contributed by atoms with E-state index in [1.807, 2.05) is 12.1 Å². The number of benzene rings is 9. The van der Waals surface area contributed by atoms with Gasteiger partial charge in [-0.2, -0.15) is 0 Å². The van der Waals surface area contributed by atoms with Gasteiger partial charge in [-0.15, -0.1) is 0 Å². The molecule has 0 saturated heterocycles. The van der Waals surface area contributed by atoms with Gasteiger partial charge in [0, 0.05) is 33.0 Å². The highest BCUT2D eigenvalue weighted by atomic mass is 15.0. The molecule has 2 heterocycles. The molecule has 0 atom stereocenters. The lowest BCUT2D eigenvalue weighted by Gasteiger charge is -2.14. The van der Waals surface area contributed by atoms with Crippen molar-refractivity contribution >= 4 is 21.8 Å². The quantitative estimate of drug-likeness (QED) is 0.154. The Morgan fingerprint density at radius 1 is 0.246 bits per heavy atom. The van der Waals surface area contributed by atoms with Gasteiger partial charge in [-0.3, -0.25) is 0 Å². The van der Waals surface area contributed by atoms with Gasteiger partial charge in [0.2, 0.25) is 0 Å². The monoisotopic (exact) mass is 778 g/mol. The first-order chi connectivity index (χ1) is 30.2. The lowest BCUT2D eigenvalue weighted by Crippen LogP contribution is -2.00. The fraction of sp³-hybridized carbons (Fsp3) is 0. The Balaban J connectivity index is 0.934. The zero-order chi connectivity index (χ0) is 40.5. The predicted molar refractivity (Wildman–Crippen MR) is 252 cm³/mol. The second-order valence-corrected chi connectivity index (χ2v) is 15.2. The van der Waals surface area contributed by atoms with E-state index in [4.69, 9.17) is 15.0 Å². The maximum absolute atomic E-state index is 5.09. The van der Waals surface area contributed by atoms with E-state index in [2.05, 4.69) is 223 Å². The van der Waals surface area contributed by atoms with Crippen molar-refractivity contribution in [2.45, 2.75) is 0 Å². The summed E-state index contributed by atoms with van der Waals surface area (Å²) in [5.41, 5.74) is 15.5. The minimum Gasteiger partial charge on any atom is -0.309 e. The molecule has 0 fully saturated rings. The van der Waals surface area contributed by atoms with Crippen molar-refractivity contribution in [1.82, 2.24) is 19.5 Å². The van der Waals surface area contributed by atoms with Crippen LogP contribution in [-0.4, -0.2) is 19.5 Å². The van der Waals surface area contributed by atoms with E-state index in [0.29, 0.717) is 17.5 Å². The Morgan fingerprint density at radius 3 is 1.15 bits per heavy atom. The van der Waals surface area contributed by atoms with Gasteiger partial charge in [0.05, 0.1) is 16.7 Å². The van der Waals surface area contributed by atoms with E-state index in [0.717, 1.165) is 55.8 Å². The highest BCUT2D eigenvalue weighted by Gasteiger charge is 2.16. The highest BCUT2D eigenvalue weighted by Crippen LogP contribution is 2.37. The summed E-state index contributed by atoms with van der Waals surface area (Å²) in [6.07, 6.45) is 0. The first-order valence-corrected chi connectivity index (χ1v) is 20.6. The number of hydrogen-bond acceptors (Lipinski definition) is 3. The smallest absolute Gasteiger partial charge is 0.164 e. The van der Waals surface area contributed by atoms with Crippen molar-refractivity contribution in [3.8, 4) is 84.4 Å². The summed E-state index contributed by atoms with van der Waals surface area (Å²) < 4.78 is 2.39. The number of nitrogens with zero attached hydrogens (tertiary/aromatic N) is 4. The summed E-state index contributed by atoms with van der Waals surface area (Å²) in [5.74, 6) is 1.89. The standard InChI is InChI=1S/C57H38N4/c1-3-14-39(15-4-1)41-28-34-45(35-29-41)55-58-56(60-57(59-55)48-19-13-18-47(38-48)40-16-5-2-6-17-40)46-36-30-43(31-37-46)42-26-32-44(33-27-42)49-20-7-10-23-52(49)61-53-24-11-8-21-50(53)51-22-9-12-25-54(51)61/h1-38H. The molecule has 4 heteroatoms. The van der Waals surface area contributed by atoms with Gasteiger partial charge in [0.1, 0.15) is 0 Å². The van der Waals surface area contributed by atoms with Gasteiger partial charge in [-0.25, -0.2) is 15.0 Å². The van der Waals surface area contributed by atoms with Crippen molar-refractivity contribution in [2.75, 3.05) is 0 Å². The topological polar surface area (TPSA) is 43.6 Å². The number of para-hydroxylation sites is 3. The molecule has 0 amide bonds. The van der Waals surface area contributed by atoms with Crippen LogP contribution in [-0.2, 0) is 0 Å². The SMILES string of the molecule is c1ccc(-c2ccc(-c3nc(-c4ccc(-c5ccc(-c6ccccc6-n6c7ccccc7c7ccccc76)cc5)cc4)nc(-c4cccc(-c5ccccc5)c4)n3)cc2)cc1. The number of aromatic nitrogens is 4. The maximum Gasteiger partial charge on any atom is 0.164 e. The number of hydrogen-bond donors (Lipinski definition) is 0. The molecule has 0 aliphatic carbocycles. The molecule has 11 rings (SSSR count). The highest BCUT2D eigenvalue weighted by molar-refractivity contribution is 6.09. The van der Waals surface area contributed by atoms with Crippen molar-refractivity contribution in [1.29, 1.82) is 0 Å². The first kappa shape index (κ1) is 35.9. The van der Waals surface area contributed by atoms with Crippen molar-refractivity contribution in [3.05, 3.63) is 231 Å². The van der Waals surface area contributed by atoms with E-state index < -0.39 is 0 Å². The molecule has 0 N–H and O–H groups in total. The summed E-state index contributed by atoms with van der Waals surface area (Å²) in [6.45, 7) is 0. The van der Waals surface area contributed by atoms with Gasteiger partial charge >= 0.3 is 0 Å². The van der Waals surface area contributed by atoms with E-state index in [1.165, 1.54) is 32.9 Å². The molecule has 0 unspecified atom stereocenters. The molecule has 0 radical (unpaired) electrons. The van der Waals surface area contributed by atoms with Gasteiger partial charge < -0.3 is 4.57 Å². The van der Waals surface area contributed by atoms with Crippen LogP contribution in [0.2, 0.25) is 0 Å². The predicted octanol–water partition coefficient (Wildman–Crippen LogP) is 14.6. The molecule has 0 bridgehead atoms. The van der Waals surface area contributed by atoms with Crippen LogP contribution in [0.3, 0.4) is 0 Å². The van der Waals surface area contributed by atoms with Crippen molar-refractivity contribution in [3.63, 3.8) is 0 Å². The van der Waals surface area contributed by atoms with Gasteiger partial charge in [-0.1, -0.05) is 206 Å². The van der Waals surface area contributed by atoms with Crippen LogP contribution in [0.25, 0.3) is 106 Å². The minimum absolute atomic E-state index is 0.626. The molecule has 2 aromatic heterocycles. The summed E-state index contributed by atoms with van der Waals surface area (Å²) >= 11 is 0. The lowest BCUT2D eigenvalue weighted by molar-refractivity contribution is 1.07. The first-order valence-electron chi connectivity index (χ1n) is 20.6. The average molecular weight is 779 g/mol. The maximum atomic E-state index is 5.09. The Kier molecular flexibility index (Phi) is 9.14. The molecule has 61 heavy (non-hydrogen) atoms. The van der Waals surface area contributed by atoms with Crippen LogP contribution < -0.4 is 0 Å². The van der Waals surface area contributed by atoms with Crippen molar-refractivity contribution in [2.24, 2.45) is 0 Å². The molecule has 4 nitrogen and oxygen atoms in total. The normalized spacial score (nSPS) is 11.3. The van der Waals surface area contributed by atoms with Crippen LogP contribution in [0.4, 0.5) is 0 Å². The summed E-state index contributed by atoms with van der Waals surface area (Å²) in [6, 6.07) is 81.1. The third-order valence-corrected chi connectivity index (χ3v) is 11.5. The third kappa shape index (κ3) is 6.86. The Labute approximate surface area is 354 Å². The molecule has 286 valence electrons. The zero-order valence-electron chi connectivity index (χ0n) is 33.2. The van der Waals surface area contributed by atoms with E-state index in [-0.39, 0.29) is 0 Å². The second-order valence-electron chi connectivity index (χ2n) is 15.2. The van der Waals surface area contributed by atoms with E-state index in [1.54, 1.807) is 0 Å². The molecule has 0 saturated carbocycles. The Hall–Kier alpha value is -8.21. The molecule has 9 aromatic carbocycles. The fourth-order valence-electron chi connectivity index (χ4n) is 8.42. The summed E-state index contributed by atoms with van der Waals surface area (Å²) in [4.78, 5) is 15.2. The van der Waals surface area contributed by atoms with Crippen LogP contribution in [0.1, 0.15) is 0 Å². The Morgan fingerprint density at radius 2 is 0.607 bits per heavy atom. The van der Waals surface area contributed by atoms with Crippen LogP contribution in [0.15, 0.2) is 231 Å². The molecule has 0 aliphatic heterocycles. The van der Waals surface area contributed by atoms with Crippen LogP contribution in [0, 0.1) is 0 Å². The second kappa shape index (κ2) is 15.5. The van der Waals surface area contributed by atoms with Crippen LogP contribution in [0.5, 0.6) is 0 Å². The molecule has 11 aromatic rings. The van der Waals surface area contributed by atoms with Gasteiger partial charge in [-0.05, 0) is 63.2 Å². The van der Waals surface area contributed by atoms with Crippen molar-refractivity contribution < 1.29 is 0 Å². The zero-order valence-corrected chi connectivity index (χ0v) is 33.2. The molecular weight excluding hydrogens is 741 g/mol. The molecule has 0 aliphatic rings. The minimum atomic E-state index is 0.626. The fourth-order valence-corrected chi connectivity index (χ4v) is 8.42. The Bertz CT molecular complexity index is 3260. The average Bonchev–Trinajstić information content (AvgIpc) is 3.69. The van der Waals surface area contributed by atoms with Crippen LogP contribution >= 0.6 is 0 Å². The number of rotatable bonds is 8. The molecular formula is C57H38N4. The molecule has 0 spiro atoms. The van der Waals surface area contributed by atoms with E-state index in [9.17, 15) is 0 Å². The summed E-state index contributed by atoms with van der Waals surface area (Å²) in [7, 11) is 0. The largest absolute Gasteiger partial charge is 0.309 e. The van der Waals surface area contributed by atoms with Gasteiger partial charge in [0.15, 0.2) is 17.5 Å².